The molecule has 0 atom stereocenters. The fourth-order valence-corrected chi connectivity index (χ4v) is 1.29. The lowest BCUT2D eigenvalue weighted by Gasteiger charge is -2.16. The monoisotopic (exact) mass is 144 g/mol. The summed E-state index contributed by atoms with van der Waals surface area (Å²) in [6, 6.07) is 0. The normalized spacial score (nSPS) is 26.6. The summed E-state index contributed by atoms with van der Waals surface area (Å²) in [6.45, 7) is 0.103. The molecule has 1 aliphatic carbocycles. The van der Waals surface area contributed by atoms with Gasteiger partial charge in [0.05, 0.1) is 6.61 Å². The lowest BCUT2D eigenvalue weighted by molar-refractivity contribution is 0.274. The number of aliphatic hydroxyl groups is 1. The maximum Gasteiger partial charge on any atom is 0.101 e. The Morgan fingerprint density at radius 3 is 2.60 bits per heavy atom. The fourth-order valence-electron chi connectivity index (χ4n) is 1.29. The zero-order valence-corrected chi connectivity index (χ0v) is 6.02. The van der Waals surface area contributed by atoms with Crippen molar-refractivity contribution < 1.29 is 9.50 Å². The van der Waals surface area contributed by atoms with Crippen LogP contribution in [0.2, 0.25) is 0 Å². The molecular weight excluding hydrogens is 131 g/mol. The van der Waals surface area contributed by atoms with E-state index in [0.29, 0.717) is 12.8 Å². The predicted octanol–water partition coefficient (Wildman–Crippen LogP) is 1.82. The van der Waals surface area contributed by atoms with Crippen LogP contribution in [0.5, 0.6) is 0 Å². The topological polar surface area (TPSA) is 20.2 Å². The Hall–Kier alpha value is -0.370. The fraction of sp³-hybridized carbons (Fsp3) is 0.750. The molecule has 0 spiro atoms. The maximum atomic E-state index is 12.5. The largest absolute Gasteiger partial charge is 0.392 e. The number of rotatable bonds is 1. The molecule has 10 heavy (non-hydrogen) atoms. The van der Waals surface area contributed by atoms with Crippen molar-refractivity contribution in [3.8, 4) is 0 Å². The highest BCUT2D eigenvalue weighted by atomic mass is 19.1. The van der Waals surface area contributed by atoms with Gasteiger partial charge in [-0.2, -0.15) is 0 Å². The number of allylic oxidation sites excluding steroid dienone is 1. The molecule has 0 bridgehead atoms. The van der Waals surface area contributed by atoms with E-state index in [2.05, 4.69) is 0 Å². The molecule has 58 valence electrons. The Bertz CT molecular complexity index is 121. The summed E-state index contributed by atoms with van der Waals surface area (Å²) in [5.41, 5.74) is 1.22. The van der Waals surface area contributed by atoms with Crippen LogP contribution in [0.15, 0.2) is 11.6 Å². The average molecular weight is 144 g/mol. The molecule has 0 aromatic rings. The van der Waals surface area contributed by atoms with Crippen LogP contribution < -0.4 is 0 Å². The van der Waals surface area contributed by atoms with E-state index in [0.717, 1.165) is 12.8 Å². The van der Waals surface area contributed by atoms with Crippen molar-refractivity contribution in [2.75, 3.05) is 6.61 Å². The van der Waals surface area contributed by atoms with Crippen molar-refractivity contribution in [1.29, 1.82) is 0 Å². The first-order valence-electron chi connectivity index (χ1n) is 3.75. The summed E-state index contributed by atoms with van der Waals surface area (Å²) in [7, 11) is 0. The molecule has 0 unspecified atom stereocenters. The van der Waals surface area contributed by atoms with E-state index in [4.69, 9.17) is 5.11 Å². The van der Waals surface area contributed by atoms with Gasteiger partial charge in [-0.3, -0.25) is 0 Å². The van der Waals surface area contributed by atoms with Gasteiger partial charge in [0, 0.05) is 0 Å². The molecule has 1 nitrogen and oxygen atoms in total. The van der Waals surface area contributed by atoms with Crippen molar-refractivity contribution in [3.63, 3.8) is 0 Å². The molecule has 1 N–H and O–H groups in total. The van der Waals surface area contributed by atoms with Gasteiger partial charge in [-0.15, -0.1) is 0 Å². The molecule has 2 heteroatoms. The molecule has 0 aliphatic heterocycles. The number of alkyl halides is 1. The van der Waals surface area contributed by atoms with Gasteiger partial charge in [0.25, 0.3) is 0 Å². The van der Waals surface area contributed by atoms with Crippen molar-refractivity contribution in [3.05, 3.63) is 11.6 Å². The van der Waals surface area contributed by atoms with Crippen LogP contribution in [-0.4, -0.2) is 17.9 Å². The van der Waals surface area contributed by atoms with Crippen molar-refractivity contribution in [2.45, 2.75) is 31.9 Å². The van der Waals surface area contributed by atoms with Crippen molar-refractivity contribution in [1.82, 2.24) is 0 Å². The minimum Gasteiger partial charge on any atom is -0.392 e. The summed E-state index contributed by atoms with van der Waals surface area (Å²) in [5.74, 6) is 0. The molecule has 0 radical (unpaired) electrons. The molecule has 0 saturated heterocycles. The third-order valence-corrected chi connectivity index (χ3v) is 1.94. The highest BCUT2D eigenvalue weighted by Gasteiger charge is 2.14. The molecule has 1 aliphatic rings. The number of halogens is 1. The zero-order chi connectivity index (χ0) is 7.40. The Labute approximate surface area is 60.6 Å². The molecule has 1 rings (SSSR count). The van der Waals surface area contributed by atoms with Crippen molar-refractivity contribution in [2.24, 2.45) is 0 Å². The van der Waals surface area contributed by atoms with Crippen molar-refractivity contribution >= 4 is 0 Å². The van der Waals surface area contributed by atoms with E-state index in [1.807, 2.05) is 0 Å². The van der Waals surface area contributed by atoms with Crippen LogP contribution in [0, 0.1) is 0 Å². The standard InChI is InChI=1S/C8H13FO/c9-8-3-1-7(2-4-8)5-6-10/h5,8,10H,1-4,6H2. The molecule has 0 aromatic carbocycles. The van der Waals surface area contributed by atoms with Gasteiger partial charge in [-0.05, 0) is 25.7 Å². The lowest BCUT2D eigenvalue weighted by atomic mass is 9.93. The molecular formula is C8H13FO. The third kappa shape index (κ3) is 2.10. The van der Waals surface area contributed by atoms with Gasteiger partial charge in [0.15, 0.2) is 0 Å². The van der Waals surface area contributed by atoms with Gasteiger partial charge < -0.3 is 5.11 Å². The molecule has 0 amide bonds. The van der Waals surface area contributed by atoms with Crippen LogP contribution in [0.3, 0.4) is 0 Å². The summed E-state index contributed by atoms with van der Waals surface area (Å²) in [5, 5.41) is 8.51. The third-order valence-electron chi connectivity index (χ3n) is 1.94. The molecule has 1 saturated carbocycles. The van der Waals surface area contributed by atoms with E-state index < -0.39 is 6.17 Å². The first-order chi connectivity index (χ1) is 4.83. The summed E-state index contributed by atoms with van der Waals surface area (Å²) in [6.07, 6.45) is 4.16. The van der Waals surface area contributed by atoms with Crippen LogP contribution in [0.4, 0.5) is 4.39 Å². The first-order valence-corrected chi connectivity index (χ1v) is 3.75. The molecule has 0 aromatic heterocycles. The predicted molar refractivity (Wildman–Crippen MR) is 38.5 cm³/mol. The summed E-state index contributed by atoms with van der Waals surface area (Å²) < 4.78 is 12.5. The second-order valence-electron chi connectivity index (χ2n) is 2.72. The van der Waals surface area contributed by atoms with Gasteiger partial charge in [-0.1, -0.05) is 11.6 Å². The lowest BCUT2D eigenvalue weighted by Crippen LogP contribution is -2.07. The molecule has 0 heterocycles. The maximum absolute atomic E-state index is 12.5. The minimum absolute atomic E-state index is 0.103. The molecule has 1 fully saturated rings. The SMILES string of the molecule is OCC=C1CCC(F)CC1. The van der Waals surface area contributed by atoms with Gasteiger partial charge in [0.1, 0.15) is 6.17 Å². The number of aliphatic hydroxyl groups excluding tert-OH is 1. The Morgan fingerprint density at radius 2 is 2.10 bits per heavy atom. The van der Waals surface area contributed by atoms with Crippen LogP contribution in [0.25, 0.3) is 0 Å². The van der Waals surface area contributed by atoms with Gasteiger partial charge in [0.2, 0.25) is 0 Å². The number of hydrogen-bond acceptors (Lipinski definition) is 1. The second-order valence-corrected chi connectivity index (χ2v) is 2.72. The van der Waals surface area contributed by atoms with E-state index >= 15 is 0 Å². The van der Waals surface area contributed by atoms with E-state index in [1.165, 1.54) is 5.57 Å². The minimum atomic E-state index is -0.601. The Morgan fingerprint density at radius 1 is 1.50 bits per heavy atom. The second kappa shape index (κ2) is 3.71. The summed E-state index contributed by atoms with van der Waals surface area (Å²) in [4.78, 5) is 0. The highest BCUT2D eigenvalue weighted by Crippen LogP contribution is 2.24. The average Bonchev–Trinajstić information content (AvgIpc) is 1.95. The van der Waals surface area contributed by atoms with Gasteiger partial charge in [-0.25, -0.2) is 4.39 Å². The Kier molecular flexibility index (Phi) is 2.87. The van der Waals surface area contributed by atoms with Crippen LogP contribution in [-0.2, 0) is 0 Å². The van der Waals surface area contributed by atoms with Crippen LogP contribution in [0.1, 0.15) is 25.7 Å². The van der Waals surface area contributed by atoms with Crippen LogP contribution >= 0.6 is 0 Å². The van der Waals surface area contributed by atoms with Gasteiger partial charge >= 0.3 is 0 Å². The zero-order valence-electron chi connectivity index (χ0n) is 6.02. The first kappa shape index (κ1) is 7.73. The van der Waals surface area contributed by atoms with E-state index in [1.54, 1.807) is 6.08 Å². The Balaban J connectivity index is 2.32. The quantitative estimate of drug-likeness (QED) is 0.556. The van der Waals surface area contributed by atoms with E-state index in [9.17, 15) is 4.39 Å². The highest BCUT2D eigenvalue weighted by molar-refractivity contribution is 5.05. The number of hydrogen-bond donors (Lipinski definition) is 1. The summed E-state index contributed by atoms with van der Waals surface area (Å²) >= 11 is 0. The smallest absolute Gasteiger partial charge is 0.101 e. The van der Waals surface area contributed by atoms with E-state index in [-0.39, 0.29) is 6.61 Å².